The zero-order valence-electron chi connectivity index (χ0n) is 4.76. The van der Waals surface area contributed by atoms with Crippen LogP contribution in [0.5, 0.6) is 0 Å². The monoisotopic (exact) mass is 113 g/mol. The molecular weight excluding hydrogens is 105 g/mol. The Hall–Kier alpha value is -0.790. The van der Waals surface area contributed by atoms with Crippen LogP contribution in [0.25, 0.3) is 0 Å². The van der Waals surface area contributed by atoms with Crippen molar-refractivity contribution >= 4 is 0 Å². The molecule has 0 aromatic rings. The summed E-state index contributed by atoms with van der Waals surface area (Å²) in [6, 6.07) is 0. The SMILES string of the molecule is CN1C=CC=C(F)C1. The molecular formula is C6H8FN. The molecule has 1 heterocycles. The fourth-order valence-electron chi connectivity index (χ4n) is 0.638. The second-order valence-corrected chi connectivity index (χ2v) is 1.87. The van der Waals surface area contributed by atoms with E-state index >= 15 is 0 Å². The van der Waals surface area contributed by atoms with Crippen molar-refractivity contribution in [1.29, 1.82) is 0 Å². The van der Waals surface area contributed by atoms with Gasteiger partial charge in [0.05, 0.1) is 6.54 Å². The highest BCUT2D eigenvalue weighted by atomic mass is 19.1. The van der Waals surface area contributed by atoms with Crippen molar-refractivity contribution in [2.45, 2.75) is 0 Å². The molecule has 0 saturated carbocycles. The molecule has 0 radical (unpaired) electrons. The predicted octanol–water partition coefficient (Wildman–Crippen LogP) is 1.30. The average molecular weight is 113 g/mol. The van der Waals surface area contributed by atoms with Crippen LogP contribution in [0.2, 0.25) is 0 Å². The van der Waals surface area contributed by atoms with Gasteiger partial charge in [0.1, 0.15) is 5.83 Å². The van der Waals surface area contributed by atoms with Gasteiger partial charge in [-0.3, -0.25) is 0 Å². The van der Waals surface area contributed by atoms with Crippen molar-refractivity contribution in [2.24, 2.45) is 0 Å². The molecule has 1 nitrogen and oxygen atoms in total. The highest BCUT2D eigenvalue weighted by molar-refractivity contribution is 5.12. The minimum atomic E-state index is -0.0741. The van der Waals surface area contributed by atoms with Crippen LogP contribution in [0.4, 0.5) is 4.39 Å². The second-order valence-electron chi connectivity index (χ2n) is 1.87. The smallest absolute Gasteiger partial charge is 0.119 e. The first kappa shape index (κ1) is 5.35. The molecule has 0 aromatic heterocycles. The quantitative estimate of drug-likeness (QED) is 0.457. The Kier molecular flexibility index (Phi) is 1.33. The maximum absolute atomic E-state index is 12.2. The Bertz CT molecular complexity index is 137. The lowest BCUT2D eigenvalue weighted by Gasteiger charge is -2.14. The molecule has 0 unspecified atom stereocenters. The highest BCUT2D eigenvalue weighted by Gasteiger charge is 1.99. The minimum Gasteiger partial charge on any atom is -0.374 e. The number of hydrogen-bond donors (Lipinski definition) is 0. The summed E-state index contributed by atoms with van der Waals surface area (Å²) in [6.45, 7) is 0.413. The number of likely N-dealkylation sites (N-methyl/N-ethyl adjacent to an activating group) is 1. The third-order valence-electron chi connectivity index (χ3n) is 1.02. The van der Waals surface area contributed by atoms with E-state index < -0.39 is 0 Å². The summed E-state index contributed by atoms with van der Waals surface area (Å²) in [5, 5.41) is 0. The zero-order valence-corrected chi connectivity index (χ0v) is 4.76. The molecule has 1 aliphatic heterocycles. The van der Waals surface area contributed by atoms with Gasteiger partial charge in [0.2, 0.25) is 0 Å². The molecule has 8 heavy (non-hydrogen) atoms. The van der Waals surface area contributed by atoms with Crippen LogP contribution in [0.3, 0.4) is 0 Å². The van der Waals surface area contributed by atoms with E-state index in [1.54, 1.807) is 11.0 Å². The summed E-state index contributed by atoms with van der Waals surface area (Å²) in [4.78, 5) is 1.79. The van der Waals surface area contributed by atoms with Gasteiger partial charge in [-0.05, 0) is 18.4 Å². The zero-order chi connectivity index (χ0) is 5.98. The molecule has 0 fully saturated rings. The van der Waals surface area contributed by atoms with Crippen molar-refractivity contribution in [2.75, 3.05) is 13.6 Å². The van der Waals surface area contributed by atoms with Gasteiger partial charge < -0.3 is 4.90 Å². The van der Waals surface area contributed by atoms with Crippen molar-refractivity contribution in [3.05, 3.63) is 24.2 Å². The summed E-state index contributed by atoms with van der Waals surface area (Å²) in [5.41, 5.74) is 0. The van der Waals surface area contributed by atoms with Gasteiger partial charge in [-0.15, -0.1) is 0 Å². The van der Waals surface area contributed by atoms with Gasteiger partial charge in [0, 0.05) is 7.05 Å². The highest BCUT2D eigenvalue weighted by Crippen LogP contribution is 2.04. The normalized spacial score (nSPS) is 18.8. The van der Waals surface area contributed by atoms with Crippen molar-refractivity contribution in [3.63, 3.8) is 0 Å². The number of rotatable bonds is 0. The number of halogens is 1. The molecule has 0 amide bonds. The van der Waals surface area contributed by atoms with Crippen LogP contribution in [-0.4, -0.2) is 18.5 Å². The van der Waals surface area contributed by atoms with Gasteiger partial charge in [0.15, 0.2) is 0 Å². The fraction of sp³-hybridized carbons (Fsp3) is 0.333. The lowest BCUT2D eigenvalue weighted by atomic mass is 10.3. The second kappa shape index (κ2) is 1.99. The van der Waals surface area contributed by atoms with E-state index in [-0.39, 0.29) is 5.83 Å². The average Bonchev–Trinajstić information content (AvgIpc) is 1.64. The molecule has 2 heteroatoms. The van der Waals surface area contributed by atoms with E-state index in [1.165, 1.54) is 6.08 Å². The van der Waals surface area contributed by atoms with Crippen molar-refractivity contribution in [3.8, 4) is 0 Å². The van der Waals surface area contributed by atoms with Gasteiger partial charge in [-0.1, -0.05) is 0 Å². The molecule has 1 aliphatic rings. The maximum Gasteiger partial charge on any atom is 0.119 e. The standard InChI is InChI=1S/C6H8FN/c1-8-4-2-3-6(7)5-8/h2-4H,5H2,1H3. The summed E-state index contributed by atoms with van der Waals surface area (Å²) >= 11 is 0. The lowest BCUT2D eigenvalue weighted by Crippen LogP contribution is -2.14. The fourth-order valence-corrected chi connectivity index (χ4v) is 0.638. The molecule has 0 aliphatic carbocycles. The van der Waals surface area contributed by atoms with Crippen LogP contribution in [-0.2, 0) is 0 Å². The van der Waals surface area contributed by atoms with Crippen LogP contribution in [0.15, 0.2) is 24.2 Å². The Morgan fingerprint density at radius 2 is 2.50 bits per heavy atom. The Balaban J connectivity index is 2.59. The largest absolute Gasteiger partial charge is 0.374 e. The van der Waals surface area contributed by atoms with Gasteiger partial charge >= 0.3 is 0 Å². The third-order valence-corrected chi connectivity index (χ3v) is 1.02. The van der Waals surface area contributed by atoms with E-state index in [1.807, 2.05) is 13.2 Å². The summed E-state index contributed by atoms with van der Waals surface area (Å²) in [7, 11) is 1.84. The molecule has 0 spiro atoms. The number of nitrogens with zero attached hydrogens (tertiary/aromatic N) is 1. The number of hydrogen-bond acceptors (Lipinski definition) is 1. The van der Waals surface area contributed by atoms with Gasteiger partial charge in [0.25, 0.3) is 0 Å². The molecule has 0 bridgehead atoms. The van der Waals surface area contributed by atoms with E-state index in [9.17, 15) is 4.39 Å². The molecule has 0 aromatic carbocycles. The van der Waals surface area contributed by atoms with E-state index in [0.717, 1.165) is 0 Å². The summed E-state index contributed by atoms with van der Waals surface area (Å²) < 4.78 is 12.2. The summed E-state index contributed by atoms with van der Waals surface area (Å²) in [6.07, 6.45) is 5.00. The molecule has 0 atom stereocenters. The Labute approximate surface area is 48.1 Å². The Morgan fingerprint density at radius 3 is 2.88 bits per heavy atom. The minimum absolute atomic E-state index is 0.0741. The predicted molar refractivity (Wildman–Crippen MR) is 31.0 cm³/mol. The van der Waals surface area contributed by atoms with Crippen LogP contribution >= 0.6 is 0 Å². The maximum atomic E-state index is 12.2. The molecule has 0 N–H and O–H groups in total. The van der Waals surface area contributed by atoms with Crippen LogP contribution in [0.1, 0.15) is 0 Å². The van der Waals surface area contributed by atoms with Gasteiger partial charge in [-0.25, -0.2) is 4.39 Å². The van der Waals surface area contributed by atoms with Crippen molar-refractivity contribution < 1.29 is 4.39 Å². The molecule has 0 saturated heterocycles. The van der Waals surface area contributed by atoms with Crippen molar-refractivity contribution in [1.82, 2.24) is 4.90 Å². The topological polar surface area (TPSA) is 3.24 Å². The lowest BCUT2D eigenvalue weighted by molar-refractivity contribution is 0.431. The first-order valence-electron chi connectivity index (χ1n) is 2.52. The van der Waals surface area contributed by atoms with E-state index in [4.69, 9.17) is 0 Å². The molecule has 44 valence electrons. The van der Waals surface area contributed by atoms with Crippen LogP contribution in [0, 0.1) is 0 Å². The Morgan fingerprint density at radius 1 is 1.75 bits per heavy atom. The van der Waals surface area contributed by atoms with Gasteiger partial charge in [-0.2, -0.15) is 0 Å². The summed E-state index contributed by atoms with van der Waals surface area (Å²) in [5.74, 6) is -0.0741. The molecule has 1 rings (SSSR count). The first-order chi connectivity index (χ1) is 3.79. The first-order valence-corrected chi connectivity index (χ1v) is 2.52. The third kappa shape index (κ3) is 1.09. The van der Waals surface area contributed by atoms with E-state index in [0.29, 0.717) is 6.54 Å². The van der Waals surface area contributed by atoms with E-state index in [2.05, 4.69) is 0 Å². The van der Waals surface area contributed by atoms with Crippen LogP contribution < -0.4 is 0 Å². The number of allylic oxidation sites excluding steroid dienone is 2.